The van der Waals surface area contributed by atoms with E-state index in [0.717, 1.165) is 11.1 Å². The van der Waals surface area contributed by atoms with Crippen molar-refractivity contribution in [1.82, 2.24) is 0 Å². The third-order valence-electron chi connectivity index (χ3n) is 2.26. The van der Waals surface area contributed by atoms with Gasteiger partial charge in [0.2, 0.25) is 0 Å². The molecule has 0 bridgehead atoms. The Bertz CT molecular complexity index is 460. The minimum atomic E-state index is -3.32. The molecule has 2 rings (SSSR count). The molecule has 1 aliphatic rings. The van der Waals surface area contributed by atoms with Gasteiger partial charge in [-0.25, -0.2) is 0 Å². The average Bonchev–Trinajstić information content (AvgIpc) is 2.17. The minimum absolute atomic E-state index is 0.0158. The van der Waals surface area contributed by atoms with Gasteiger partial charge in [0, 0.05) is 0 Å². The van der Waals surface area contributed by atoms with Crippen molar-refractivity contribution in [1.29, 1.82) is 0 Å². The summed E-state index contributed by atoms with van der Waals surface area (Å²) in [6, 6.07) is 9.82. The third-order valence-corrected chi connectivity index (χ3v) is 3.48. The van der Waals surface area contributed by atoms with Gasteiger partial charge in [-0.2, -0.15) is 8.42 Å². The van der Waals surface area contributed by atoms with Crippen LogP contribution < -0.4 is 0 Å². The molecule has 0 atom stereocenters. The van der Waals surface area contributed by atoms with E-state index in [2.05, 4.69) is 4.18 Å². The van der Waals surface area contributed by atoms with Crippen molar-refractivity contribution in [3.05, 3.63) is 47.5 Å². The lowest BCUT2D eigenvalue weighted by Crippen LogP contribution is -2.18. The molecule has 0 amide bonds. The molecule has 15 heavy (non-hydrogen) atoms. The Morgan fingerprint density at radius 3 is 2.60 bits per heavy atom. The maximum atomic E-state index is 11.2. The Labute approximate surface area is 89.5 Å². The normalized spacial score (nSPS) is 19.6. The molecule has 0 N–H and O–H groups in total. The summed E-state index contributed by atoms with van der Waals surface area (Å²) in [5.74, 6) is 0.0158. The first kappa shape index (κ1) is 10.4. The average molecular weight is 224 g/mol. The van der Waals surface area contributed by atoms with Crippen LogP contribution in [0.1, 0.15) is 5.56 Å². The quantitative estimate of drug-likeness (QED) is 0.565. The van der Waals surface area contributed by atoms with Crippen molar-refractivity contribution in [3.8, 4) is 0 Å². The van der Waals surface area contributed by atoms with E-state index in [0.29, 0.717) is 6.42 Å². The Kier molecular flexibility index (Phi) is 2.88. The van der Waals surface area contributed by atoms with Gasteiger partial charge in [-0.3, -0.25) is 4.18 Å². The molecule has 0 aliphatic carbocycles. The summed E-state index contributed by atoms with van der Waals surface area (Å²) in [5, 5.41) is 0. The van der Waals surface area contributed by atoms with Gasteiger partial charge in [0.25, 0.3) is 10.1 Å². The molecule has 4 heteroatoms. The van der Waals surface area contributed by atoms with E-state index in [4.69, 9.17) is 0 Å². The van der Waals surface area contributed by atoms with Crippen LogP contribution in [0.2, 0.25) is 0 Å². The van der Waals surface area contributed by atoms with Gasteiger partial charge >= 0.3 is 0 Å². The first-order valence-corrected chi connectivity index (χ1v) is 6.32. The summed E-state index contributed by atoms with van der Waals surface area (Å²) in [6.45, 7) is 0.171. The van der Waals surface area contributed by atoms with E-state index in [9.17, 15) is 8.42 Å². The number of benzene rings is 1. The van der Waals surface area contributed by atoms with Crippen LogP contribution in [0.15, 0.2) is 42.0 Å². The van der Waals surface area contributed by atoms with Crippen LogP contribution >= 0.6 is 0 Å². The molecule has 1 aliphatic heterocycles. The fourth-order valence-corrected chi connectivity index (χ4v) is 2.60. The highest BCUT2D eigenvalue weighted by atomic mass is 32.2. The molecule has 0 aromatic heterocycles. The fourth-order valence-electron chi connectivity index (χ4n) is 1.56. The molecule has 1 aromatic rings. The van der Waals surface area contributed by atoms with E-state index < -0.39 is 10.1 Å². The topological polar surface area (TPSA) is 43.4 Å². The zero-order valence-electron chi connectivity index (χ0n) is 8.22. The predicted octanol–water partition coefficient (Wildman–Crippen LogP) is 1.52. The highest BCUT2D eigenvalue weighted by Gasteiger charge is 2.18. The Morgan fingerprint density at radius 1 is 1.20 bits per heavy atom. The van der Waals surface area contributed by atoms with Gasteiger partial charge in [-0.15, -0.1) is 0 Å². The van der Waals surface area contributed by atoms with E-state index in [1.54, 1.807) is 0 Å². The molecule has 0 fully saturated rings. The number of hydrogen-bond acceptors (Lipinski definition) is 3. The summed E-state index contributed by atoms with van der Waals surface area (Å²) >= 11 is 0. The van der Waals surface area contributed by atoms with Gasteiger partial charge in [-0.1, -0.05) is 42.0 Å². The van der Waals surface area contributed by atoms with Crippen molar-refractivity contribution in [2.45, 2.75) is 6.42 Å². The predicted molar refractivity (Wildman–Crippen MR) is 58.0 cm³/mol. The van der Waals surface area contributed by atoms with Gasteiger partial charge in [0.05, 0.1) is 12.4 Å². The maximum Gasteiger partial charge on any atom is 0.271 e. The van der Waals surface area contributed by atoms with E-state index >= 15 is 0 Å². The molecule has 1 aromatic carbocycles. The monoisotopic (exact) mass is 224 g/mol. The van der Waals surface area contributed by atoms with E-state index in [-0.39, 0.29) is 12.4 Å². The van der Waals surface area contributed by atoms with Crippen LogP contribution in [0.5, 0.6) is 0 Å². The molecule has 80 valence electrons. The number of rotatable bonds is 2. The summed E-state index contributed by atoms with van der Waals surface area (Å²) in [7, 11) is -3.32. The van der Waals surface area contributed by atoms with Crippen molar-refractivity contribution >= 4 is 10.1 Å². The summed E-state index contributed by atoms with van der Waals surface area (Å²) in [5.41, 5.74) is 2.04. The third kappa shape index (κ3) is 2.91. The second-order valence-electron chi connectivity index (χ2n) is 3.51. The minimum Gasteiger partial charge on any atom is -0.266 e. The van der Waals surface area contributed by atoms with Crippen LogP contribution in [0.25, 0.3) is 0 Å². The standard InChI is InChI=1S/C11H12O3S/c12-15(13)9-11(6-7-14-15)8-10-4-2-1-3-5-10/h1-6H,7-9H2. The number of hydrogen-bond donors (Lipinski definition) is 0. The summed E-state index contributed by atoms with van der Waals surface area (Å²) in [4.78, 5) is 0. The Hall–Kier alpha value is -1.13. The zero-order chi connectivity index (χ0) is 10.7. The molecule has 0 saturated heterocycles. The largest absolute Gasteiger partial charge is 0.271 e. The lowest BCUT2D eigenvalue weighted by molar-refractivity contribution is 0.351. The lowest BCUT2D eigenvalue weighted by Gasteiger charge is -2.13. The van der Waals surface area contributed by atoms with Crippen LogP contribution in [-0.2, 0) is 20.7 Å². The van der Waals surface area contributed by atoms with Crippen molar-refractivity contribution in [2.75, 3.05) is 12.4 Å². The smallest absolute Gasteiger partial charge is 0.266 e. The summed E-state index contributed by atoms with van der Waals surface area (Å²) in [6.07, 6.45) is 2.53. The molecular weight excluding hydrogens is 212 g/mol. The lowest BCUT2D eigenvalue weighted by atomic mass is 10.1. The highest BCUT2D eigenvalue weighted by molar-refractivity contribution is 7.86. The zero-order valence-corrected chi connectivity index (χ0v) is 9.03. The molecule has 3 nitrogen and oxygen atoms in total. The van der Waals surface area contributed by atoms with Crippen molar-refractivity contribution < 1.29 is 12.6 Å². The van der Waals surface area contributed by atoms with Crippen LogP contribution in [0.4, 0.5) is 0 Å². The first-order chi connectivity index (χ1) is 7.16. The van der Waals surface area contributed by atoms with Crippen LogP contribution in [-0.4, -0.2) is 20.8 Å². The molecule has 0 spiro atoms. The highest BCUT2D eigenvalue weighted by Crippen LogP contribution is 2.14. The Morgan fingerprint density at radius 2 is 1.93 bits per heavy atom. The molecule has 0 unspecified atom stereocenters. The van der Waals surface area contributed by atoms with Crippen LogP contribution in [0.3, 0.4) is 0 Å². The van der Waals surface area contributed by atoms with Crippen molar-refractivity contribution in [2.24, 2.45) is 0 Å². The molecular formula is C11H12O3S. The van der Waals surface area contributed by atoms with Gasteiger partial charge < -0.3 is 0 Å². The summed E-state index contributed by atoms with van der Waals surface area (Å²) < 4.78 is 27.0. The Balaban J connectivity index is 2.11. The van der Waals surface area contributed by atoms with Crippen LogP contribution in [0, 0.1) is 0 Å². The van der Waals surface area contributed by atoms with E-state index in [1.807, 2.05) is 36.4 Å². The van der Waals surface area contributed by atoms with Gasteiger partial charge in [0.15, 0.2) is 0 Å². The van der Waals surface area contributed by atoms with Gasteiger partial charge in [-0.05, 0) is 12.0 Å². The second-order valence-corrected chi connectivity index (χ2v) is 5.15. The molecule has 1 heterocycles. The van der Waals surface area contributed by atoms with E-state index in [1.165, 1.54) is 0 Å². The fraction of sp³-hybridized carbons (Fsp3) is 0.273. The molecule has 0 saturated carbocycles. The molecule has 0 radical (unpaired) electrons. The van der Waals surface area contributed by atoms with Gasteiger partial charge in [0.1, 0.15) is 0 Å². The first-order valence-electron chi connectivity index (χ1n) is 4.75. The SMILES string of the molecule is O=S1(=O)CC(Cc2ccccc2)=CCO1. The second kappa shape index (κ2) is 4.16. The van der Waals surface area contributed by atoms with Crippen molar-refractivity contribution in [3.63, 3.8) is 0 Å². The maximum absolute atomic E-state index is 11.2.